The lowest BCUT2D eigenvalue weighted by molar-refractivity contribution is -0.122. The van der Waals surface area contributed by atoms with E-state index in [2.05, 4.69) is 17.2 Å². The highest BCUT2D eigenvalue weighted by molar-refractivity contribution is 5.81. The zero-order valence-corrected chi connectivity index (χ0v) is 10.7. The SMILES string of the molecule is C=CCNC(=O)C(C)N[C@H](C)c1cccc(F)c1. The second-order valence-electron chi connectivity index (χ2n) is 4.20. The minimum Gasteiger partial charge on any atom is -0.351 e. The van der Waals surface area contributed by atoms with Crippen LogP contribution in [0.3, 0.4) is 0 Å². The number of benzene rings is 1. The van der Waals surface area contributed by atoms with Gasteiger partial charge in [0.15, 0.2) is 0 Å². The smallest absolute Gasteiger partial charge is 0.237 e. The van der Waals surface area contributed by atoms with Crippen molar-refractivity contribution in [3.8, 4) is 0 Å². The molecule has 0 aromatic heterocycles. The third-order valence-electron chi connectivity index (χ3n) is 2.66. The maximum atomic E-state index is 13.1. The lowest BCUT2D eigenvalue weighted by Gasteiger charge is -2.19. The summed E-state index contributed by atoms with van der Waals surface area (Å²) in [6.45, 7) is 7.64. The second kappa shape index (κ2) is 6.91. The molecule has 1 aromatic carbocycles. The summed E-state index contributed by atoms with van der Waals surface area (Å²) in [6, 6.07) is 5.91. The first-order valence-electron chi connectivity index (χ1n) is 5.94. The van der Waals surface area contributed by atoms with Crippen molar-refractivity contribution in [2.24, 2.45) is 0 Å². The van der Waals surface area contributed by atoms with Gasteiger partial charge in [-0.25, -0.2) is 4.39 Å². The Hall–Kier alpha value is -1.68. The average Bonchev–Trinajstić information content (AvgIpc) is 2.35. The Morgan fingerprint density at radius 3 is 2.83 bits per heavy atom. The molecule has 3 nitrogen and oxygen atoms in total. The van der Waals surface area contributed by atoms with Crippen LogP contribution in [-0.2, 0) is 4.79 Å². The van der Waals surface area contributed by atoms with Crippen LogP contribution in [0.5, 0.6) is 0 Å². The normalized spacial score (nSPS) is 13.7. The predicted octanol–water partition coefficient (Wildman–Crippen LogP) is 2.17. The van der Waals surface area contributed by atoms with Crippen LogP contribution < -0.4 is 10.6 Å². The number of hydrogen-bond acceptors (Lipinski definition) is 2. The lowest BCUT2D eigenvalue weighted by atomic mass is 10.1. The third kappa shape index (κ3) is 4.30. The summed E-state index contributed by atoms with van der Waals surface area (Å²) in [4.78, 5) is 11.6. The molecule has 2 N–H and O–H groups in total. The fourth-order valence-corrected chi connectivity index (χ4v) is 1.65. The Bertz CT molecular complexity index is 420. The van der Waals surface area contributed by atoms with Crippen molar-refractivity contribution in [2.75, 3.05) is 6.54 Å². The van der Waals surface area contributed by atoms with E-state index in [1.807, 2.05) is 13.0 Å². The molecule has 0 saturated carbocycles. The fraction of sp³-hybridized carbons (Fsp3) is 0.357. The first-order chi connectivity index (χ1) is 8.54. The summed E-state index contributed by atoms with van der Waals surface area (Å²) < 4.78 is 13.1. The summed E-state index contributed by atoms with van der Waals surface area (Å²) in [5.41, 5.74) is 0.818. The van der Waals surface area contributed by atoms with Crippen LogP contribution in [0.25, 0.3) is 0 Å². The van der Waals surface area contributed by atoms with Crippen LogP contribution in [-0.4, -0.2) is 18.5 Å². The molecule has 0 aliphatic heterocycles. The molecule has 0 saturated heterocycles. The minimum atomic E-state index is -0.344. The van der Waals surface area contributed by atoms with Gasteiger partial charge in [-0.15, -0.1) is 6.58 Å². The van der Waals surface area contributed by atoms with Gasteiger partial charge in [-0.2, -0.15) is 0 Å². The van der Waals surface area contributed by atoms with Gasteiger partial charge in [0.2, 0.25) is 5.91 Å². The molecule has 0 fully saturated rings. The van der Waals surface area contributed by atoms with Crippen LogP contribution in [0.2, 0.25) is 0 Å². The van der Waals surface area contributed by atoms with E-state index in [1.54, 1.807) is 19.1 Å². The zero-order chi connectivity index (χ0) is 13.5. The molecule has 0 heterocycles. The highest BCUT2D eigenvalue weighted by Crippen LogP contribution is 2.13. The topological polar surface area (TPSA) is 41.1 Å². The van der Waals surface area contributed by atoms with Crippen LogP contribution in [0.1, 0.15) is 25.5 Å². The first kappa shape index (κ1) is 14.4. The molecule has 1 unspecified atom stereocenters. The van der Waals surface area contributed by atoms with Crippen molar-refractivity contribution in [3.63, 3.8) is 0 Å². The standard InChI is InChI=1S/C14H19FN2O/c1-4-8-16-14(18)11(3)17-10(2)12-6-5-7-13(15)9-12/h4-7,9-11,17H,1,8H2,2-3H3,(H,16,18)/t10-,11?/m1/s1. The van der Waals surface area contributed by atoms with E-state index in [1.165, 1.54) is 12.1 Å². The van der Waals surface area contributed by atoms with Crippen molar-refractivity contribution >= 4 is 5.91 Å². The quantitative estimate of drug-likeness (QED) is 0.760. The van der Waals surface area contributed by atoms with Gasteiger partial charge in [-0.3, -0.25) is 10.1 Å². The minimum absolute atomic E-state index is 0.0924. The van der Waals surface area contributed by atoms with Crippen molar-refractivity contribution in [2.45, 2.75) is 25.9 Å². The highest BCUT2D eigenvalue weighted by atomic mass is 19.1. The summed E-state index contributed by atoms with van der Waals surface area (Å²) in [6.07, 6.45) is 1.63. The molecule has 0 radical (unpaired) electrons. The van der Waals surface area contributed by atoms with Crippen LogP contribution in [0.15, 0.2) is 36.9 Å². The zero-order valence-electron chi connectivity index (χ0n) is 10.7. The Morgan fingerprint density at radius 1 is 1.50 bits per heavy atom. The van der Waals surface area contributed by atoms with Crippen molar-refractivity contribution < 1.29 is 9.18 Å². The molecule has 1 aromatic rings. The number of carbonyl (C=O) groups is 1. The second-order valence-corrected chi connectivity index (χ2v) is 4.20. The van der Waals surface area contributed by atoms with E-state index in [4.69, 9.17) is 0 Å². The molecule has 0 aliphatic rings. The fourth-order valence-electron chi connectivity index (χ4n) is 1.65. The van der Waals surface area contributed by atoms with Gasteiger partial charge in [0.05, 0.1) is 6.04 Å². The van der Waals surface area contributed by atoms with Crippen molar-refractivity contribution in [1.29, 1.82) is 0 Å². The molecular formula is C14H19FN2O. The molecule has 0 spiro atoms. The van der Waals surface area contributed by atoms with Gasteiger partial charge in [-0.1, -0.05) is 18.2 Å². The molecule has 2 atom stereocenters. The summed E-state index contributed by atoms with van der Waals surface area (Å²) in [5, 5.41) is 5.83. The van der Waals surface area contributed by atoms with E-state index in [9.17, 15) is 9.18 Å². The molecule has 18 heavy (non-hydrogen) atoms. The van der Waals surface area contributed by atoms with Gasteiger partial charge >= 0.3 is 0 Å². The third-order valence-corrected chi connectivity index (χ3v) is 2.66. The summed E-state index contributed by atoms with van der Waals surface area (Å²) in [5.74, 6) is -0.372. The van der Waals surface area contributed by atoms with Gasteiger partial charge < -0.3 is 5.32 Å². The van der Waals surface area contributed by atoms with Crippen LogP contribution in [0, 0.1) is 5.82 Å². The molecule has 0 aliphatic carbocycles. The first-order valence-corrected chi connectivity index (χ1v) is 5.94. The molecule has 0 bridgehead atoms. The number of carbonyl (C=O) groups excluding carboxylic acids is 1. The number of amides is 1. The van der Waals surface area contributed by atoms with Crippen LogP contribution in [0.4, 0.5) is 4.39 Å². The Morgan fingerprint density at radius 2 is 2.22 bits per heavy atom. The molecular weight excluding hydrogens is 231 g/mol. The highest BCUT2D eigenvalue weighted by Gasteiger charge is 2.15. The summed E-state index contributed by atoms with van der Waals surface area (Å²) in [7, 11) is 0. The number of rotatable bonds is 6. The van der Waals surface area contributed by atoms with E-state index < -0.39 is 0 Å². The maximum Gasteiger partial charge on any atom is 0.237 e. The van der Waals surface area contributed by atoms with Crippen molar-refractivity contribution in [1.82, 2.24) is 10.6 Å². The van der Waals surface area contributed by atoms with Crippen LogP contribution >= 0.6 is 0 Å². The van der Waals surface area contributed by atoms with Gasteiger partial charge in [0, 0.05) is 12.6 Å². The predicted molar refractivity (Wildman–Crippen MR) is 70.6 cm³/mol. The summed E-state index contributed by atoms with van der Waals surface area (Å²) >= 11 is 0. The van der Waals surface area contributed by atoms with E-state index in [0.717, 1.165) is 5.56 Å². The van der Waals surface area contributed by atoms with E-state index in [-0.39, 0.29) is 23.8 Å². The Balaban J connectivity index is 2.56. The molecule has 4 heteroatoms. The average molecular weight is 250 g/mol. The number of hydrogen-bond donors (Lipinski definition) is 2. The molecule has 1 amide bonds. The molecule has 98 valence electrons. The van der Waals surface area contributed by atoms with Gasteiger partial charge in [-0.05, 0) is 31.5 Å². The van der Waals surface area contributed by atoms with Gasteiger partial charge in [0.1, 0.15) is 5.82 Å². The van der Waals surface area contributed by atoms with E-state index in [0.29, 0.717) is 6.54 Å². The van der Waals surface area contributed by atoms with E-state index >= 15 is 0 Å². The maximum absolute atomic E-state index is 13.1. The Labute approximate surface area is 107 Å². The van der Waals surface area contributed by atoms with Gasteiger partial charge in [0.25, 0.3) is 0 Å². The monoisotopic (exact) mass is 250 g/mol. The number of halogens is 1. The number of nitrogens with one attached hydrogen (secondary N) is 2. The van der Waals surface area contributed by atoms with Crippen molar-refractivity contribution in [3.05, 3.63) is 48.3 Å². The lowest BCUT2D eigenvalue weighted by Crippen LogP contribution is -2.43. The molecule has 1 rings (SSSR count). The largest absolute Gasteiger partial charge is 0.351 e. The Kier molecular flexibility index (Phi) is 5.52.